The highest BCUT2D eigenvalue weighted by molar-refractivity contribution is 5.31. The summed E-state index contributed by atoms with van der Waals surface area (Å²) in [6.45, 7) is -0.0202. The first-order valence-electron chi connectivity index (χ1n) is 6.36. The number of alkyl halides is 3. The Morgan fingerprint density at radius 3 is 2.50 bits per heavy atom. The topological polar surface area (TPSA) is 67.3 Å². The summed E-state index contributed by atoms with van der Waals surface area (Å²) in [5.41, 5.74) is -0.441. The van der Waals surface area contributed by atoms with Crippen molar-refractivity contribution in [3.63, 3.8) is 0 Å². The van der Waals surface area contributed by atoms with Crippen molar-refractivity contribution < 1.29 is 23.0 Å². The van der Waals surface area contributed by atoms with E-state index in [4.69, 9.17) is 4.74 Å². The van der Waals surface area contributed by atoms with E-state index >= 15 is 0 Å². The van der Waals surface area contributed by atoms with Crippen LogP contribution >= 0.6 is 0 Å². The van der Waals surface area contributed by atoms with E-state index in [1.165, 1.54) is 7.11 Å². The maximum Gasteiger partial charge on any atom is 0.433 e. The summed E-state index contributed by atoms with van der Waals surface area (Å²) >= 11 is 0. The number of benzene rings is 1. The minimum Gasteiger partial charge on any atom is -0.497 e. The molecular weight excluding hydrogens is 299 g/mol. The number of nitrogens with zero attached hydrogens (tertiary/aromatic N) is 2. The molecule has 2 rings (SSSR count). The number of hydrogen-bond acceptors (Lipinski definition) is 5. The van der Waals surface area contributed by atoms with Gasteiger partial charge in [0.15, 0.2) is 0 Å². The van der Waals surface area contributed by atoms with Crippen LogP contribution in [0, 0.1) is 0 Å². The lowest BCUT2D eigenvalue weighted by Crippen LogP contribution is -2.16. The fourth-order valence-corrected chi connectivity index (χ4v) is 1.73. The zero-order valence-electron chi connectivity index (χ0n) is 11.6. The Hall–Kier alpha value is -2.35. The summed E-state index contributed by atoms with van der Waals surface area (Å²) in [6.07, 6.45) is -4.43. The van der Waals surface area contributed by atoms with Gasteiger partial charge in [-0.2, -0.15) is 13.2 Å². The number of anilines is 1. The zero-order chi connectivity index (χ0) is 16.2. The molecule has 2 aromatic rings. The van der Waals surface area contributed by atoms with Crippen molar-refractivity contribution in [1.82, 2.24) is 9.97 Å². The molecule has 22 heavy (non-hydrogen) atoms. The summed E-state index contributed by atoms with van der Waals surface area (Å²) in [7, 11) is 1.53. The van der Waals surface area contributed by atoms with E-state index in [-0.39, 0.29) is 12.5 Å². The monoisotopic (exact) mass is 313 g/mol. The van der Waals surface area contributed by atoms with Crippen LogP contribution in [-0.4, -0.2) is 28.7 Å². The molecule has 1 heterocycles. The average molecular weight is 313 g/mol. The number of halogens is 3. The molecule has 1 atom stereocenters. The molecule has 0 amide bonds. The Morgan fingerprint density at radius 2 is 1.91 bits per heavy atom. The number of rotatable bonds is 5. The number of aromatic nitrogens is 2. The lowest BCUT2D eigenvalue weighted by atomic mass is 10.1. The molecule has 0 fully saturated rings. The minimum atomic E-state index is -4.53. The van der Waals surface area contributed by atoms with E-state index in [0.29, 0.717) is 11.3 Å². The van der Waals surface area contributed by atoms with Gasteiger partial charge >= 0.3 is 6.18 Å². The van der Waals surface area contributed by atoms with E-state index in [1.807, 2.05) is 0 Å². The Labute approximate surface area is 124 Å². The maximum absolute atomic E-state index is 12.5. The Balaban J connectivity index is 2.00. The van der Waals surface area contributed by atoms with E-state index in [1.54, 1.807) is 24.3 Å². The van der Waals surface area contributed by atoms with Crippen LogP contribution in [0.3, 0.4) is 0 Å². The van der Waals surface area contributed by atoms with Gasteiger partial charge in [-0.05, 0) is 23.8 Å². The highest BCUT2D eigenvalue weighted by Gasteiger charge is 2.32. The predicted octanol–water partition coefficient (Wildman–Crippen LogP) is 2.65. The Bertz CT molecular complexity index is 617. The molecule has 0 aliphatic rings. The van der Waals surface area contributed by atoms with E-state index in [2.05, 4.69) is 15.3 Å². The highest BCUT2D eigenvalue weighted by atomic mass is 19.4. The molecule has 2 N–H and O–H groups in total. The minimum absolute atomic E-state index is 0.0202. The van der Waals surface area contributed by atoms with Crippen molar-refractivity contribution >= 4 is 5.95 Å². The molecule has 5 nitrogen and oxygen atoms in total. The normalized spacial score (nSPS) is 12.8. The Morgan fingerprint density at radius 1 is 1.23 bits per heavy atom. The summed E-state index contributed by atoms with van der Waals surface area (Å²) < 4.78 is 42.6. The van der Waals surface area contributed by atoms with Crippen LogP contribution in [0.4, 0.5) is 19.1 Å². The number of aliphatic hydroxyl groups excluding tert-OH is 1. The van der Waals surface area contributed by atoms with E-state index in [0.717, 1.165) is 12.3 Å². The van der Waals surface area contributed by atoms with Crippen LogP contribution in [0.25, 0.3) is 0 Å². The van der Waals surface area contributed by atoms with Crippen molar-refractivity contribution in [3.05, 3.63) is 47.8 Å². The number of hydrogen-bond donors (Lipinski definition) is 2. The van der Waals surface area contributed by atoms with Gasteiger partial charge in [-0.3, -0.25) is 0 Å². The molecule has 0 aliphatic heterocycles. The molecule has 0 unspecified atom stereocenters. The van der Waals surface area contributed by atoms with Crippen molar-refractivity contribution in [2.75, 3.05) is 19.0 Å². The number of aliphatic hydroxyl groups is 1. The molecule has 1 aromatic carbocycles. The molecule has 0 radical (unpaired) electrons. The van der Waals surface area contributed by atoms with Gasteiger partial charge in [-0.25, -0.2) is 9.97 Å². The first kappa shape index (κ1) is 16.0. The molecule has 0 aliphatic carbocycles. The van der Waals surface area contributed by atoms with Crippen molar-refractivity contribution in [2.24, 2.45) is 0 Å². The predicted molar refractivity (Wildman–Crippen MR) is 73.5 cm³/mol. The van der Waals surface area contributed by atoms with E-state index < -0.39 is 18.0 Å². The summed E-state index contributed by atoms with van der Waals surface area (Å²) in [4.78, 5) is 7.05. The SMILES string of the molecule is COc1ccc([C@@H](O)CNc2nccc(C(F)(F)F)n2)cc1. The van der Waals surface area contributed by atoms with Crippen molar-refractivity contribution in [2.45, 2.75) is 12.3 Å². The van der Waals surface area contributed by atoms with Crippen LogP contribution < -0.4 is 10.1 Å². The molecule has 1 aromatic heterocycles. The second-order valence-corrected chi connectivity index (χ2v) is 4.43. The summed E-state index contributed by atoms with van der Waals surface area (Å²) in [6, 6.07) is 7.47. The smallest absolute Gasteiger partial charge is 0.433 e. The fourth-order valence-electron chi connectivity index (χ4n) is 1.73. The summed E-state index contributed by atoms with van der Waals surface area (Å²) in [5, 5.41) is 12.6. The molecule has 118 valence electrons. The largest absolute Gasteiger partial charge is 0.497 e. The first-order valence-corrected chi connectivity index (χ1v) is 6.36. The maximum atomic E-state index is 12.5. The van der Waals surface area contributed by atoms with Gasteiger partial charge in [0.05, 0.1) is 13.2 Å². The molecule has 0 spiro atoms. The van der Waals surface area contributed by atoms with Crippen LogP contribution in [-0.2, 0) is 6.18 Å². The standard InChI is InChI=1S/C14H14F3N3O2/c1-22-10-4-2-9(3-5-10)11(21)8-19-13-18-7-6-12(20-13)14(15,16)17/h2-7,11,21H,8H2,1H3,(H,18,19,20)/t11-/m0/s1. The van der Waals surface area contributed by atoms with Gasteiger partial charge in [-0.1, -0.05) is 12.1 Å². The second-order valence-electron chi connectivity index (χ2n) is 4.43. The molecule has 0 saturated carbocycles. The van der Waals surface area contributed by atoms with Gasteiger partial charge in [0.25, 0.3) is 0 Å². The molecule has 8 heteroatoms. The van der Waals surface area contributed by atoms with Crippen LogP contribution in [0.1, 0.15) is 17.4 Å². The molecule has 0 bridgehead atoms. The molecule has 0 saturated heterocycles. The number of nitrogens with one attached hydrogen (secondary N) is 1. The lowest BCUT2D eigenvalue weighted by Gasteiger charge is -2.13. The quantitative estimate of drug-likeness (QED) is 0.888. The number of methoxy groups -OCH3 is 1. The third kappa shape index (κ3) is 4.08. The van der Waals surface area contributed by atoms with Crippen molar-refractivity contribution in [3.8, 4) is 5.75 Å². The summed E-state index contributed by atoms with van der Waals surface area (Å²) in [5.74, 6) is 0.451. The van der Waals surface area contributed by atoms with Gasteiger partial charge < -0.3 is 15.2 Å². The third-order valence-corrected chi connectivity index (χ3v) is 2.90. The van der Waals surface area contributed by atoms with Crippen LogP contribution in [0.2, 0.25) is 0 Å². The zero-order valence-corrected chi connectivity index (χ0v) is 11.6. The van der Waals surface area contributed by atoms with Crippen LogP contribution in [0.15, 0.2) is 36.5 Å². The number of ether oxygens (including phenoxy) is 1. The average Bonchev–Trinajstić information content (AvgIpc) is 2.52. The van der Waals surface area contributed by atoms with Crippen molar-refractivity contribution in [1.29, 1.82) is 0 Å². The highest BCUT2D eigenvalue weighted by Crippen LogP contribution is 2.27. The van der Waals surface area contributed by atoms with Crippen LogP contribution in [0.5, 0.6) is 5.75 Å². The lowest BCUT2D eigenvalue weighted by molar-refractivity contribution is -0.141. The van der Waals surface area contributed by atoms with Gasteiger partial charge in [0.1, 0.15) is 11.4 Å². The fraction of sp³-hybridized carbons (Fsp3) is 0.286. The van der Waals surface area contributed by atoms with Gasteiger partial charge in [0.2, 0.25) is 5.95 Å². The first-order chi connectivity index (χ1) is 10.4. The third-order valence-electron chi connectivity index (χ3n) is 2.90. The van der Waals surface area contributed by atoms with Gasteiger partial charge in [-0.15, -0.1) is 0 Å². The molecular formula is C14H14F3N3O2. The van der Waals surface area contributed by atoms with Gasteiger partial charge in [0, 0.05) is 12.7 Å². The van der Waals surface area contributed by atoms with E-state index in [9.17, 15) is 18.3 Å². The second kappa shape index (κ2) is 6.61. The Kier molecular flexibility index (Phi) is 4.81.